The third-order valence-electron chi connectivity index (χ3n) is 3.65. The molecule has 0 saturated carbocycles. The van der Waals surface area contributed by atoms with Crippen LogP contribution in [0.15, 0.2) is 54.9 Å². The predicted molar refractivity (Wildman–Crippen MR) is 90.4 cm³/mol. The molecule has 0 bridgehead atoms. The molecule has 3 N–H and O–H groups in total. The van der Waals surface area contributed by atoms with E-state index in [-0.39, 0.29) is 0 Å². The van der Waals surface area contributed by atoms with Crippen LogP contribution >= 0.6 is 0 Å². The number of nitrogens with zero attached hydrogens (tertiary/aromatic N) is 2. The molecule has 112 valence electrons. The Bertz CT molecular complexity index is 740. The molecule has 1 aromatic carbocycles. The molecule has 0 saturated heterocycles. The zero-order valence-corrected chi connectivity index (χ0v) is 12.5. The molecule has 0 aliphatic rings. The Labute approximate surface area is 130 Å². The van der Waals surface area contributed by atoms with Gasteiger partial charge in [-0.1, -0.05) is 18.2 Å². The van der Waals surface area contributed by atoms with Crippen LogP contribution in [0.5, 0.6) is 0 Å². The minimum absolute atomic E-state index is 0.564. The Morgan fingerprint density at radius 3 is 2.82 bits per heavy atom. The van der Waals surface area contributed by atoms with Gasteiger partial charge >= 0.3 is 0 Å². The minimum Gasteiger partial charge on any atom is -0.384 e. The Hall–Kier alpha value is -2.46. The molecule has 4 nitrogen and oxygen atoms in total. The summed E-state index contributed by atoms with van der Waals surface area (Å²) in [5, 5.41) is 4.59. The van der Waals surface area contributed by atoms with Crippen molar-refractivity contribution in [2.45, 2.75) is 19.4 Å². The highest BCUT2D eigenvalue weighted by Crippen LogP contribution is 2.15. The van der Waals surface area contributed by atoms with Crippen molar-refractivity contribution in [2.24, 2.45) is 0 Å². The fourth-order valence-electron chi connectivity index (χ4n) is 2.48. The van der Waals surface area contributed by atoms with Gasteiger partial charge in [0.05, 0.1) is 5.52 Å². The van der Waals surface area contributed by atoms with Gasteiger partial charge in [-0.3, -0.25) is 4.98 Å². The summed E-state index contributed by atoms with van der Waals surface area (Å²) in [5.41, 5.74) is 9.21. The standard InChI is InChI=1S/C18H20N4/c19-18-8-7-16-6-5-15(11-17(16)22-18)13-21-10-2-4-14-3-1-9-20-12-14/h1,3,5-9,11-12,21H,2,4,10,13H2,(H2,19,22). The van der Waals surface area contributed by atoms with E-state index in [9.17, 15) is 0 Å². The van der Waals surface area contributed by atoms with Crippen LogP contribution < -0.4 is 11.1 Å². The van der Waals surface area contributed by atoms with Gasteiger partial charge in [-0.05, 0) is 54.8 Å². The number of nitrogens with two attached hydrogens (primary N) is 1. The summed E-state index contributed by atoms with van der Waals surface area (Å²) < 4.78 is 0. The van der Waals surface area contributed by atoms with Crippen molar-refractivity contribution in [3.05, 3.63) is 66.0 Å². The molecule has 0 atom stereocenters. The van der Waals surface area contributed by atoms with Gasteiger partial charge in [0.15, 0.2) is 0 Å². The van der Waals surface area contributed by atoms with Crippen molar-refractivity contribution in [3.8, 4) is 0 Å². The third kappa shape index (κ3) is 3.80. The summed E-state index contributed by atoms with van der Waals surface area (Å²) in [6.45, 7) is 1.83. The van der Waals surface area contributed by atoms with E-state index in [0.717, 1.165) is 36.8 Å². The monoisotopic (exact) mass is 292 g/mol. The van der Waals surface area contributed by atoms with E-state index in [0.29, 0.717) is 5.82 Å². The number of anilines is 1. The van der Waals surface area contributed by atoms with Gasteiger partial charge in [0.2, 0.25) is 0 Å². The van der Waals surface area contributed by atoms with E-state index in [1.54, 1.807) is 0 Å². The van der Waals surface area contributed by atoms with Gasteiger partial charge in [-0.15, -0.1) is 0 Å². The molecule has 0 aliphatic heterocycles. The lowest BCUT2D eigenvalue weighted by atomic mass is 10.1. The van der Waals surface area contributed by atoms with Crippen LogP contribution in [0, 0.1) is 0 Å². The maximum atomic E-state index is 5.74. The van der Waals surface area contributed by atoms with Crippen LogP contribution in [0.25, 0.3) is 10.9 Å². The second kappa shape index (κ2) is 7.00. The summed E-state index contributed by atoms with van der Waals surface area (Å²) in [7, 11) is 0. The van der Waals surface area contributed by atoms with Gasteiger partial charge in [0, 0.05) is 24.3 Å². The smallest absolute Gasteiger partial charge is 0.124 e. The van der Waals surface area contributed by atoms with Crippen LogP contribution in [0.4, 0.5) is 5.82 Å². The Balaban J connectivity index is 1.49. The largest absolute Gasteiger partial charge is 0.384 e. The predicted octanol–water partition coefficient (Wildman–Crippen LogP) is 2.93. The third-order valence-corrected chi connectivity index (χ3v) is 3.65. The fraction of sp³-hybridized carbons (Fsp3) is 0.222. The first-order valence-corrected chi connectivity index (χ1v) is 7.56. The second-order valence-electron chi connectivity index (χ2n) is 5.40. The molecule has 2 heterocycles. The first kappa shape index (κ1) is 14.5. The number of hydrogen-bond acceptors (Lipinski definition) is 4. The number of fused-ring (bicyclic) bond motifs is 1. The van der Waals surface area contributed by atoms with Gasteiger partial charge in [-0.2, -0.15) is 0 Å². The molecule has 4 heteroatoms. The number of aromatic nitrogens is 2. The van der Waals surface area contributed by atoms with Crippen molar-refractivity contribution in [1.29, 1.82) is 0 Å². The first-order valence-electron chi connectivity index (χ1n) is 7.56. The molecule has 0 radical (unpaired) electrons. The van der Waals surface area contributed by atoms with Gasteiger partial charge in [-0.25, -0.2) is 4.98 Å². The normalized spacial score (nSPS) is 10.9. The van der Waals surface area contributed by atoms with Crippen LogP contribution in [-0.2, 0) is 13.0 Å². The van der Waals surface area contributed by atoms with E-state index in [1.165, 1.54) is 11.1 Å². The van der Waals surface area contributed by atoms with Crippen molar-refractivity contribution in [3.63, 3.8) is 0 Å². The molecule has 0 aliphatic carbocycles. The topological polar surface area (TPSA) is 63.8 Å². The van der Waals surface area contributed by atoms with E-state index >= 15 is 0 Å². The Morgan fingerprint density at radius 2 is 1.95 bits per heavy atom. The fourth-order valence-corrected chi connectivity index (χ4v) is 2.48. The van der Waals surface area contributed by atoms with E-state index in [1.807, 2.05) is 30.6 Å². The van der Waals surface area contributed by atoms with Gasteiger partial charge in [0.1, 0.15) is 5.82 Å². The minimum atomic E-state index is 0.564. The molecule has 0 unspecified atom stereocenters. The highest BCUT2D eigenvalue weighted by Gasteiger charge is 1.99. The summed E-state index contributed by atoms with van der Waals surface area (Å²) in [6.07, 6.45) is 5.89. The SMILES string of the molecule is Nc1ccc2ccc(CNCCCc3cccnc3)cc2n1. The molecule has 22 heavy (non-hydrogen) atoms. The van der Waals surface area contributed by atoms with Crippen molar-refractivity contribution in [2.75, 3.05) is 12.3 Å². The number of nitrogen functional groups attached to an aromatic ring is 1. The van der Waals surface area contributed by atoms with E-state index in [2.05, 4.69) is 39.6 Å². The summed E-state index contributed by atoms with van der Waals surface area (Å²) >= 11 is 0. The molecular formula is C18H20N4. The van der Waals surface area contributed by atoms with Crippen LogP contribution in [0.3, 0.4) is 0 Å². The quantitative estimate of drug-likeness (QED) is 0.686. The first-order chi connectivity index (χ1) is 10.8. The molecular weight excluding hydrogens is 272 g/mol. The zero-order chi connectivity index (χ0) is 15.2. The molecule has 2 aromatic heterocycles. The Morgan fingerprint density at radius 1 is 1.05 bits per heavy atom. The average molecular weight is 292 g/mol. The average Bonchev–Trinajstić information content (AvgIpc) is 2.55. The maximum absolute atomic E-state index is 5.74. The molecule has 0 spiro atoms. The number of aryl methyl sites for hydroxylation is 1. The van der Waals surface area contributed by atoms with Crippen molar-refractivity contribution < 1.29 is 0 Å². The van der Waals surface area contributed by atoms with Gasteiger partial charge < -0.3 is 11.1 Å². The van der Waals surface area contributed by atoms with Crippen LogP contribution in [0.1, 0.15) is 17.5 Å². The lowest BCUT2D eigenvalue weighted by Crippen LogP contribution is -2.15. The molecule has 0 amide bonds. The summed E-state index contributed by atoms with van der Waals surface area (Å²) in [4.78, 5) is 8.49. The summed E-state index contributed by atoms with van der Waals surface area (Å²) in [5.74, 6) is 0.564. The zero-order valence-electron chi connectivity index (χ0n) is 12.5. The van der Waals surface area contributed by atoms with Crippen molar-refractivity contribution in [1.82, 2.24) is 15.3 Å². The number of pyridine rings is 2. The number of rotatable bonds is 6. The molecule has 3 rings (SSSR count). The summed E-state index contributed by atoms with van der Waals surface area (Å²) in [6, 6.07) is 14.3. The van der Waals surface area contributed by atoms with E-state index < -0.39 is 0 Å². The number of hydrogen-bond donors (Lipinski definition) is 2. The second-order valence-corrected chi connectivity index (χ2v) is 5.40. The van der Waals surface area contributed by atoms with Gasteiger partial charge in [0.25, 0.3) is 0 Å². The highest BCUT2D eigenvalue weighted by molar-refractivity contribution is 5.80. The van der Waals surface area contributed by atoms with Crippen molar-refractivity contribution >= 4 is 16.7 Å². The molecule has 3 aromatic rings. The Kier molecular flexibility index (Phi) is 4.61. The molecule has 0 fully saturated rings. The lowest BCUT2D eigenvalue weighted by Gasteiger charge is -2.06. The number of benzene rings is 1. The maximum Gasteiger partial charge on any atom is 0.124 e. The number of nitrogens with one attached hydrogen (secondary N) is 1. The lowest BCUT2D eigenvalue weighted by molar-refractivity contribution is 0.649. The van der Waals surface area contributed by atoms with Crippen LogP contribution in [-0.4, -0.2) is 16.5 Å². The van der Waals surface area contributed by atoms with E-state index in [4.69, 9.17) is 5.73 Å². The highest BCUT2D eigenvalue weighted by atomic mass is 14.8. The van der Waals surface area contributed by atoms with Crippen LogP contribution in [0.2, 0.25) is 0 Å².